The minimum Gasteiger partial charge on any atom is -0.409 e. The topological polar surface area (TPSA) is 61.8 Å². The van der Waals surface area contributed by atoms with Crippen molar-refractivity contribution in [2.75, 3.05) is 23.7 Å². The Morgan fingerprint density at radius 2 is 2.26 bits per heavy atom. The maximum absolute atomic E-state index is 14.1. The lowest BCUT2D eigenvalue weighted by Crippen LogP contribution is -2.43. The van der Waals surface area contributed by atoms with Gasteiger partial charge in [0.15, 0.2) is 5.84 Å². The molecule has 2 rings (SSSR count). The number of amidine groups is 1. The first kappa shape index (κ1) is 14.0. The van der Waals surface area contributed by atoms with Gasteiger partial charge in [0.1, 0.15) is 5.82 Å². The number of thioether (sulfide) groups is 1. The van der Waals surface area contributed by atoms with Crippen LogP contribution in [0, 0.1) is 5.82 Å². The second-order valence-electron chi connectivity index (χ2n) is 5.18. The molecule has 0 aromatic heterocycles. The number of nitrogens with two attached hydrogens (primary N) is 1. The van der Waals surface area contributed by atoms with Crippen LogP contribution in [0.4, 0.5) is 10.1 Å². The molecule has 4 nitrogen and oxygen atoms in total. The van der Waals surface area contributed by atoms with Crippen LogP contribution in [0.25, 0.3) is 0 Å². The van der Waals surface area contributed by atoms with Gasteiger partial charge in [0.25, 0.3) is 0 Å². The normalized spacial score (nSPS) is 19.5. The van der Waals surface area contributed by atoms with Gasteiger partial charge in [-0.15, -0.1) is 0 Å². The molecular formula is C13H18FN3OS. The first-order valence-electron chi connectivity index (χ1n) is 6.09. The Balaban J connectivity index is 2.26. The van der Waals surface area contributed by atoms with Crippen LogP contribution in [-0.2, 0) is 0 Å². The van der Waals surface area contributed by atoms with Crippen molar-refractivity contribution in [2.24, 2.45) is 10.9 Å². The maximum atomic E-state index is 14.1. The van der Waals surface area contributed by atoms with Crippen molar-refractivity contribution in [3.63, 3.8) is 0 Å². The van der Waals surface area contributed by atoms with E-state index in [1.165, 1.54) is 6.07 Å². The molecule has 1 aliphatic rings. The molecule has 104 valence electrons. The highest BCUT2D eigenvalue weighted by Crippen LogP contribution is 2.33. The van der Waals surface area contributed by atoms with Crippen molar-refractivity contribution in [2.45, 2.75) is 18.6 Å². The van der Waals surface area contributed by atoms with E-state index >= 15 is 0 Å². The van der Waals surface area contributed by atoms with E-state index in [1.807, 2.05) is 16.7 Å². The Bertz CT molecular complexity index is 505. The van der Waals surface area contributed by atoms with Crippen LogP contribution < -0.4 is 10.6 Å². The highest BCUT2D eigenvalue weighted by atomic mass is 32.2. The van der Waals surface area contributed by atoms with Crippen molar-refractivity contribution >= 4 is 23.3 Å². The first-order chi connectivity index (χ1) is 8.93. The molecule has 1 aliphatic heterocycles. The third-order valence-corrected chi connectivity index (χ3v) is 4.41. The number of rotatable bonds is 2. The standard InChI is InChI=1S/C13H18FN3OS/c1-13(2)8-17(5-6-19-13)11-4-3-9(7-10(11)14)12(15)16-18/h3-4,7,18H,5-6,8H2,1-2H3,(H2,15,16). The van der Waals surface area contributed by atoms with E-state index in [4.69, 9.17) is 10.9 Å². The molecule has 0 bridgehead atoms. The predicted octanol–water partition coefficient (Wildman–Crippen LogP) is 2.25. The summed E-state index contributed by atoms with van der Waals surface area (Å²) in [6.07, 6.45) is 0. The van der Waals surface area contributed by atoms with Crippen LogP contribution in [0.15, 0.2) is 23.4 Å². The van der Waals surface area contributed by atoms with E-state index in [0.717, 1.165) is 18.8 Å². The summed E-state index contributed by atoms with van der Waals surface area (Å²) in [7, 11) is 0. The number of oxime groups is 1. The fourth-order valence-electron chi connectivity index (χ4n) is 2.20. The van der Waals surface area contributed by atoms with Gasteiger partial charge in [0.05, 0.1) is 5.69 Å². The van der Waals surface area contributed by atoms with Crippen molar-refractivity contribution < 1.29 is 9.60 Å². The van der Waals surface area contributed by atoms with Crippen LogP contribution in [0.1, 0.15) is 19.4 Å². The third-order valence-electron chi connectivity index (χ3n) is 3.12. The Morgan fingerprint density at radius 1 is 1.53 bits per heavy atom. The van der Waals surface area contributed by atoms with Gasteiger partial charge in [0.2, 0.25) is 0 Å². The van der Waals surface area contributed by atoms with Crippen molar-refractivity contribution in [1.82, 2.24) is 0 Å². The number of hydrogen-bond donors (Lipinski definition) is 2. The van der Waals surface area contributed by atoms with Crippen molar-refractivity contribution in [3.8, 4) is 0 Å². The van der Waals surface area contributed by atoms with Gasteiger partial charge in [-0.1, -0.05) is 5.16 Å². The average Bonchev–Trinajstić information content (AvgIpc) is 2.36. The van der Waals surface area contributed by atoms with Crippen molar-refractivity contribution in [1.29, 1.82) is 0 Å². The molecule has 1 aromatic rings. The number of benzene rings is 1. The monoisotopic (exact) mass is 283 g/mol. The molecule has 6 heteroatoms. The van der Waals surface area contributed by atoms with E-state index in [9.17, 15) is 4.39 Å². The lowest BCUT2D eigenvalue weighted by atomic mass is 10.1. The molecule has 1 heterocycles. The molecule has 0 amide bonds. The summed E-state index contributed by atoms with van der Waals surface area (Å²) in [4.78, 5) is 2.04. The minimum atomic E-state index is -0.341. The molecule has 1 saturated heterocycles. The molecule has 0 aliphatic carbocycles. The summed E-state index contributed by atoms with van der Waals surface area (Å²) < 4.78 is 14.3. The molecular weight excluding hydrogens is 265 g/mol. The van der Waals surface area contributed by atoms with Gasteiger partial charge >= 0.3 is 0 Å². The smallest absolute Gasteiger partial charge is 0.170 e. The fourth-order valence-corrected chi connectivity index (χ4v) is 3.31. The Morgan fingerprint density at radius 3 is 2.84 bits per heavy atom. The van der Waals surface area contributed by atoms with Crippen LogP contribution in [-0.4, -0.2) is 34.6 Å². The molecule has 3 N–H and O–H groups in total. The van der Waals surface area contributed by atoms with Crippen LogP contribution >= 0.6 is 11.8 Å². The van der Waals surface area contributed by atoms with Crippen LogP contribution in [0.2, 0.25) is 0 Å². The number of nitrogens with zero attached hydrogens (tertiary/aromatic N) is 2. The lowest BCUT2D eigenvalue weighted by molar-refractivity contribution is 0.318. The quantitative estimate of drug-likeness (QED) is 0.378. The van der Waals surface area contributed by atoms with Gasteiger partial charge < -0.3 is 15.8 Å². The third kappa shape index (κ3) is 3.12. The van der Waals surface area contributed by atoms with Crippen LogP contribution in [0.3, 0.4) is 0 Å². The molecule has 0 radical (unpaired) electrons. The second-order valence-corrected chi connectivity index (χ2v) is 6.98. The zero-order valence-electron chi connectivity index (χ0n) is 11.1. The van der Waals surface area contributed by atoms with E-state index in [2.05, 4.69) is 19.0 Å². The van der Waals surface area contributed by atoms with Gasteiger partial charge in [-0.2, -0.15) is 11.8 Å². The molecule has 1 aromatic carbocycles. The Labute approximate surface area is 116 Å². The van der Waals surface area contributed by atoms with Gasteiger partial charge in [-0.25, -0.2) is 4.39 Å². The summed E-state index contributed by atoms with van der Waals surface area (Å²) in [5.74, 6) is 0.556. The van der Waals surface area contributed by atoms with E-state index in [1.54, 1.807) is 12.1 Å². The highest BCUT2D eigenvalue weighted by molar-refractivity contribution is 8.00. The number of anilines is 1. The predicted molar refractivity (Wildman–Crippen MR) is 77.7 cm³/mol. The number of hydrogen-bond acceptors (Lipinski definition) is 4. The Kier molecular flexibility index (Phi) is 3.89. The Hall–Kier alpha value is -1.43. The summed E-state index contributed by atoms with van der Waals surface area (Å²) in [5.41, 5.74) is 6.41. The van der Waals surface area contributed by atoms with Crippen LogP contribution in [0.5, 0.6) is 0 Å². The molecule has 19 heavy (non-hydrogen) atoms. The first-order valence-corrected chi connectivity index (χ1v) is 7.08. The molecule has 0 spiro atoms. The van der Waals surface area contributed by atoms with Gasteiger partial charge in [-0.05, 0) is 32.0 Å². The van der Waals surface area contributed by atoms with Gasteiger partial charge in [-0.3, -0.25) is 0 Å². The zero-order valence-corrected chi connectivity index (χ0v) is 11.9. The summed E-state index contributed by atoms with van der Waals surface area (Å²) in [5, 5.41) is 11.5. The number of halogens is 1. The molecule has 0 atom stereocenters. The summed E-state index contributed by atoms with van der Waals surface area (Å²) in [6, 6.07) is 4.66. The molecule has 1 fully saturated rings. The maximum Gasteiger partial charge on any atom is 0.170 e. The fraction of sp³-hybridized carbons (Fsp3) is 0.462. The highest BCUT2D eigenvalue weighted by Gasteiger charge is 2.28. The lowest BCUT2D eigenvalue weighted by Gasteiger charge is -2.39. The van der Waals surface area contributed by atoms with E-state index in [0.29, 0.717) is 11.3 Å². The zero-order chi connectivity index (χ0) is 14.0. The second kappa shape index (κ2) is 5.28. The van der Waals surface area contributed by atoms with Gasteiger partial charge in [0, 0.05) is 29.2 Å². The van der Waals surface area contributed by atoms with E-state index < -0.39 is 0 Å². The minimum absolute atomic E-state index is 0.0834. The SMILES string of the molecule is CC1(C)CN(c2ccc(/C(N)=N/O)cc2F)CCS1. The molecule has 0 unspecified atom stereocenters. The largest absolute Gasteiger partial charge is 0.409 e. The molecule has 0 saturated carbocycles. The van der Waals surface area contributed by atoms with Crippen molar-refractivity contribution in [3.05, 3.63) is 29.6 Å². The summed E-state index contributed by atoms with van der Waals surface area (Å²) in [6.45, 7) is 5.95. The summed E-state index contributed by atoms with van der Waals surface area (Å²) >= 11 is 1.90. The van der Waals surface area contributed by atoms with E-state index in [-0.39, 0.29) is 16.4 Å². The average molecular weight is 283 g/mol.